The van der Waals surface area contributed by atoms with E-state index in [1.807, 2.05) is 0 Å². The molecule has 18 heteroatoms. The van der Waals surface area contributed by atoms with Gasteiger partial charge in [0, 0.05) is 38.3 Å². The molecule has 0 saturated heterocycles. The highest BCUT2D eigenvalue weighted by Gasteiger charge is 2.69. The number of hydrogen-bond acceptors (Lipinski definition) is 16. The second-order valence-corrected chi connectivity index (χ2v) is 14.1. The Morgan fingerprint density at radius 2 is 1.81 bits per heavy atom. The highest BCUT2D eigenvalue weighted by molar-refractivity contribution is 6.32. The van der Waals surface area contributed by atoms with Crippen LogP contribution in [0.25, 0.3) is 0 Å². The number of aromatic hydroxyl groups is 1. The number of aryl methyl sites for hydroxylation is 1. The predicted octanol–water partition coefficient (Wildman–Crippen LogP) is -0.184. The summed E-state index contributed by atoms with van der Waals surface area (Å²) in [5, 5.41) is 26.7. The van der Waals surface area contributed by atoms with Gasteiger partial charge in [-0.1, -0.05) is 6.92 Å². The number of nitrogens with two attached hydrogens (primary N) is 1. The van der Waals surface area contributed by atoms with E-state index in [1.54, 1.807) is 32.0 Å². The van der Waals surface area contributed by atoms with E-state index in [1.165, 1.54) is 25.9 Å². The Kier molecular flexibility index (Phi) is 10.7. The van der Waals surface area contributed by atoms with Crippen molar-refractivity contribution in [1.82, 2.24) is 9.80 Å². The molecule has 0 radical (unpaired) electrons. The van der Waals surface area contributed by atoms with Crippen LogP contribution < -0.4 is 21.8 Å². The van der Waals surface area contributed by atoms with Crippen molar-refractivity contribution in [3.05, 3.63) is 39.3 Å². The Labute approximate surface area is 303 Å². The van der Waals surface area contributed by atoms with E-state index in [9.17, 15) is 48.6 Å². The van der Waals surface area contributed by atoms with Gasteiger partial charge in [0.15, 0.2) is 52.8 Å². The molecule has 2 fully saturated rings. The number of nitrogens with zero attached hydrogens (tertiary/aromatic N) is 3. The third-order valence-electron chi connectivity index (χ3n) is 10.5. The first-order valence-corrected chi connectivity index (χ1v) is 17.0. The number of fused-ring (bicyclic) bond motifs is 3. The number of amides is 2. The first-order chi connectivity index (χ1) is 24.9. The molecular formula is C35H43N5O13. The van der Waals surface area contributed by atoms with Crippen molar-refractivity contribution in [3.63, 3.8) is 0 Å². The fraction of sp³-hybridized carbons (Fsp3) is 0.543. The minimum atomic E-state index is -2.86. The first-order valence-electron chi connectivity index (χ1n) is 17.0. The quantitative estimate of drug-likeness (QED) is 0.125. The molecule has 18 nitrogen and oxygen atoms in total. The molecule has 3 aliphatic rings. The van der Waals surface area contributed by atoms with Crippen LogP contribution in [0.5, 0.6) is 5.75 Å². The average molecular weight is 742 g/mol. The third kappa shape index (κ3) is 6.60. The number of phenols is 1. The number of carbonyl (C=O) groups excluding carboxylic acids is 7. The summed E-state index contributed by atoms with van der Waals surface area (Å²) in [6.07, 6.45) is -0.103. The molecule has 1 aromatic carbocycles. The normalized spacial score (nSPS) is 25.6. The molecule has 7 atom stereocenters. The summed E-state index contributed by atoms with van der Waals surface area (Å²) in [4.78, 5) is 108. The largest absolute Gasteiger partial charge is 0.519 e. The summed E-state index contributed by atoms with van der Waals surface area (Å²) >= 11 is 0. The number of nitrogens with one attached hydrogen (secondary N) is 1. The Bertz CT molecular complexity index is 1930. The maximum Gasteiger partial charge on any atom is 0.519 e. The number of phenolic OH excluding ortho intramolecular Hbond substituents is 1. The predicted molar refractivity (Wildman–Crippen MR) is 183 cm³/mol. The summed E-state index contributed by atoms with van der Waals surface area (Å²) in [7, 11) is 6.45. The van der Waals surface area contributed by atoms with E-state index in [4.69, 9.17) is 19.3 Å². The zero-order chi connectivity index (χ0) is 39.3. The molecule has 5 rings (SSSR count). The Morgan fingerprint density at radius 1 is 1.13 bits per heavy atom. The van der Waals surface area contributed by atoms with Crippen LogP contribution >= 0.6 is 0 Å². The maximum absolute atomic E-state index is 14.4. The van der Waals surface area contributed by atoms with Crippen LogP contribution in [-0.4, -0.2) is 120 Å². The minimum Gasteiger partial charge on any atom is -0.505 e. The molecule has 0 spiro atoms. The summed E-state index contributed by atoms with van der Waals surface area (Å²) in [6, 6.07) is -0.251. The van der Waals surface area contributed by atoms with Crippen LogP contribution in [0.1, 0.15) is 47.2 Å². The molecule has 5 N–H and O–H groups in total. The zero-order valence-corrected chi connectivity index (χ0v) is 30.2. The topological polar surface area (TPSA) is 260 Å². The fourth-order valence-electron chi connectivity index (χ4n) is 7.96. The second kappa shape index (κ2) is 14.6. The molecule has 1 aromatic heterocycles. The molecule has 5 unspecified atom stereocenters. The van der Waals surface area contributed by atoms with E-state index < -0.39 is 94.7 Å². The Morgan fingerprint density at radius 3 is 2.36 bits per heavy atom. The third-order valence-corrected chi connectivity index (χ3v) is 10.5. The van der Waals surface area contributed by atoms with Gasteiger partial charge in [-0.3, -0.25) is 33.8 Å². The van der Waals surface area contributed by atoms with E-state index in [0.717, 1.165) is 4.90 Å². The van der Waals surface area contributed by atoms with E-state index >= 15 is 0 Å². The number of ether oxygens (including phenoxy) is 1. The van der Waals surface area contributed by atoms with Gasteiger partial charge in [-0.25, -0.2) is 9.59 Å². The standard InChI is InChI=1S/C35H43N5O13/c1-7-17(13-40(8-9-41)33(48)51-14-22-15(2)52-34(49)53-22)37-20-12-21(38(3)4)18-10-16-11-19-26(39(5)6)29(44)25(32(36)47)31(46)35(19,50)30(45)23(16)28(43)24(18)27(20)42/h9,12,16-17,19,23,25-26,37,42,50H,7-8,10-11,13-14H2,1-6H3,(H2,36,47)/t16?,17?,19?,23?,25?,26-,35-/m0/s1. The van der Waals surface area contributed by atoms with Gasteiger partial charge < -0.3 is 44.5 Å². The van der Waals surface area contributed by atoms with Crippen LogP contribution in [-0.2, 0) is 41.7 Å². The van der Waals surface area contributed by atoms with Crippen LogP contribution in [0.15, 0.2) is 19.7 Å². The van der Waals surface area contributed by atoms with Gasteiger partial charge >= 0.3 is 11.9 Å². The summed E-state index contributed by atoms with van der Waals surface area (Å²) in [6.45, 7) is 2.30. The van der Waals surface area contributed by atoms with Crippen molar-refractivity contribution in [2.24, 2.45) is 29.4 Å². The molecular weight excluding hydrogens is 698 g/mol. The van der Waals surface area contributed by atoms with Gasteiger partial charge in [-0.15, -0.1) is 0 Å². The number of aliphatic hydroxyl groups is 1. The zero-order valence-electron chi connectivity index (χ0n) is 30.2. The van der Waals surface area contributed by atoms with E-state index in [-0.39, 0.29) is 48.7 Å². The van der Waals surface area contributed by atoms with Crippen LogP contribution in [0, 0.1) is 30.6 Å². The number of aldehydes is 1. The fourth-order valence-corrected chi connectivity index (χ4v) is 7.96. The van der Waals surface area contributed by atoms with Crippen molar-refractivity contribution >= 4 is 52.8 Å². The number of anilines is 2. The van der Waals surface area contributed by atoms with Gasteiger partial charge in [0.05, 0.1) is 29.8 Å². The number of hydrogen-bond donors (Lipinski definition) is 4. The van der Waals surface area contributed by atoms with E-state index in [0.29, 0.717) is 24.0 Å². The van der Waals surface area contributed by atoms with Crippen molar-refractivity contribution in [1.29, 1.82) is 0 Å². The molecule has 2 amide bonds. The smallest absolute Gasteiger partial charge is 0.505 e. The van der Waals surface area contributed by atoms with Crippen LogP contribution in [0.4, 0.5) is 16.2 Å². The molecule has 53 heavy (non-hydrogen) atoms. The Balaban J connectivity index is 1.47. The summed E-state index contributed by atoms with van der Waals surface area (Å²) in [5.74, 6) is -12.6. The van der Waals surface area contributed by atoms with Gasteiger partial charge in [-0.05, 0) is 57.8 Å². The van der Waals surface area contributed by atoms with Crippen LogP contribution in [0.3, 0.4) is 0 Å². The number of likely N-dealkylation sites (N-methyl/N-ethyl adjacent to an activating group) is 1. The minimum absolute atomic E-state index is 0.00713. The lowest BCUT2D eigenvalue weighted by Gasteiger charge is -2.52. The lowest BCUT2D eigenvalue weighted by atomic mass is 9.52. The van der Waals surface area contributed by atoms with Crippen molar-refractivity contribution in [3.8, 4) is 5.75 Å². The van der Waals surface area contributed by atoms with Crippen molar-refractivity contribution in [2.45, 2.75) is 57.4 Å². The Hall–Kier alpha value is -5.36. The average Bonchev–Trinajstić information content (AvgIpc) is 3.41. The number of primary amides is 1. The van der Waals surface area contributed by atoms with Gasteiger partial charge in [0.2, 0.25) is 5.91 Å². The monoisotopic (exact) mass is 741 g/mol. The second-order valence-electron chi connectivity index (χ2n) is 14.1. The maximum atomic E-state index is 14.4. The molecule has 2 saturated carbocycles. The first kappa shape index (κ1) is 38.9. The lowest BCUT2D eigenvalue weighted by molar-refractivity contribution is -0.181. The molecule has 0 bridgehead atoms. The number of carbonyl (C=O) groups is 7. The molecule has 1 heterocycles. The summed E-state index contributed by atoms with van der Waals surface area (Å²) in [5.41, 5.74) is 3.31. The highest BCUT2D eigenvalue weighted by atomic mass is 16.6. The van der Waals surface area contributed by atoms with Crippen LogP contribution in [0.2, 0.25) is 0 Å². The number of Topliss-reactive ketones (excluding diaryl/α,β-unsaturated/α-hetero) is 4. The molecule has 0 aliphatic heterocycles. The van der Waals surface area contributed by atoms with Crippen molar-refractivity contribution in [2.75, 3.05) is 51.5 Å². The summed E-state index contributed by atoms with van der Waals surface area (Å²) < 4.78 is 14.8. The van der Waals surface area contributed by atoms with E-state index in [2.05, 4.69) is 5.32 Å². The molecule has 2 aromatic rings. The van der Waals surface area contributed by atoms with Gasteiger partial charge in [0.25, 0.3) is 0 Å². The number of ketones is 4. The highest BCUT2D eigenvalue weighted by Crippen LogP contribution is 2.52. The number of benzene rings is 1. The van der Waals surface area contributed by atoms with Gasteiger partial charge in [0.1, 0.15) is 12.0 Å². The molecule has 3 aliphatic carbocycles. The molecule has 286 valence electrons. The lowest BCUT2D eigenvalue weighted by Crippen LogP contribution is -2.74. The number of rotatable bonds is 12. The SMILES string of the molecule is CCC(CN(CC=O)C(=O)OCc1oc(=O)oc1C)Nc1cc(N(C)C)c2c(c1O)C(=O)C1C(=O)[C@]3(O)C(=O)C(C(N)=O)C(=O)[C@@H](N(C)C)C3CC1C2. The van der Waals surface area contributed by atoms with Gasteiger partial charge in [-0.2, -0.15) is 0 Å². The van der Waals surface area contributed by atoms with Crippen molar-refractivity contribution < 1.29 is 57.3 Å².